The summed E-state index contributed by atoms with van der Waals surface area (Å²) in [5, 5.41) is 6.79. The minimum atomic E-state index is -1.61. The number of amides is 4. The predicted molar refractivity (Wildman–Crippen MR) is 116 cm³/mol. The van der Waals surface area contributed by atoms with E-state index in [0.717, 1.165) is 0 Å². The maximum atomic E-state index is 13.6. The molecule has 0 unspecified atom stereocenters. The van der Waals surface area contributed by atoms with Crippen LogP contribution in [0.1, 0.15) is 19.0 Å². The summed E-state index contributed by atoms with van der Waals surface area (Å²) in [5.41, 5.74) is 0.654. The van der Waals surface area contributed by atoms with E-state index in [-0.39, 0.29) is 36.0 Å². The van der Waals surface area contributed by atoms with E-state index in [0.29, 0.717) is 49.7 Å². The number of aromatic nitrogens is 2. The Kier molecular flexibility index (Phi) is 5.37. The number of fused-ring (bicyclic) bond motifs is 1. The number of carbonyl (C=O) groups excluding carboxylic acids is 3. The molecule has 2 fully saturated rings. The minimum Gasteiger partial charge on any atom is -0.453 e. The van der Waals surface area contributed by atoms with E-state index in [1.807, 2.05) is 0 Å². The number of methoxy groups -OCH3 is 1. The van der Waals surface area contributed by atoms with E-state index in [9.17, 15) is 27.6 Å². The number of halogens is 3. The monoisotopic (exact) mass is 492 g/mol. The second kappa shape index (κ2) is 8.17. The molecular weight excluding hydrogens is 469 g/mol. The first-order chi connectivity index (χ1) is 16.6. The fourth-order valence-corrected chi connectivity index (χ4v) is 5.06. The lowest BCUT2D eigenvalue weighted by molar-refractivity contribution is -0.118. The third-order valence-corrected chi connectivity index (χ3v) is 6.81. The quantitative estimate of drug-likeness (QED) is 0.650. The van der Waals surface area contributed by atoms with Crippen LogP contribution in [0.15, 0.2) is 18.3 Å². The van der Waals surface area contributed by atoms with E-state index in [4.69, 9.17) is 4.74 Å². The van der Waals surface area contributed by atoms with Crippen molar-refractivity contribution in [2.45, 2.75) is 32.5 Å². The molecule has 0 radical (unpaired) electrons. The number of hydrogen-bond acceptors (Lipinski definition) is 5. The number of benzene rings is 1. The van der Waals surface area contributed by atoms with Gasteiger partial charge in [-0.05, 0) is 6.92 Å². The zero-order chi connectivity index (χ0) is 25.1. The van der Waals surface area contributed by atoms with Gasteiger partial charge in [0, 0.05) is 49.3 Å². The Balaban J connectivity index is 1.32. The molecule has 4 heterocycles. The number of anilines is 2. The van der Waals surface area contributed by atoms with Crippen molar-refractivity contribution in [3.05, 3.63) is 41.5 Å². The van der Waals surface area contributed by atoms with Crippen molar-refractivity contribution in [1.29, 1.82) is 0 Å². The zero-order valence-electron chi connectivity index (χ0n) is 19.1. The number of nitrogens with zero attached hydrogens (tertiary/aromatic N) is 5. The molecule has 1 N–H and O–H groups in total. The first kappa shape index (κ1) is 23.0. The molecule has 1 spiro atoms. The molecule has 0 saturated carbocycles. The number of likely N-dealkylation sites (tertiary alicyclic amines) is 1. The molecule has 3 aliphatic heterocycles. The summed E-state index contributed by atoms with van der Waals surface area (Å²) in [7, 11) is 1.31. The fraction of sp³-hybridized carbons (Fsp3) is 0.455. The molecule has 5 rings (SSSR count). The van der Waals surface area contributed by atoms with Crippen LogP contribution >= 0.6 is 0 Å². The van der Waals surface area contributed by atoms with Gasteiger partial charge in [0.05, 0.1) is 43.8 Å². The van der Waals surface area contributed by atoms with Crippen molar-refractivity contribution >= 4 is 29.4 Å². The molecule has 4 amide bonds. The molecule has 0 bridgehead atoms. The average molecular weight is 492 g/mol. The number of rotatable bonds is 2. The Morgan fingerprint density at radius 2 is 1.86 bits per heavy atom. The molecule has 1 aromatic heterocycles. The van der Waals surface area contributed by atoms with Crippen LogP contribution < -0.4 is 10.2 Å². The Morgan fingerprint density at radius 3 is 2.51 bits per heavy atom. The Bertz CT molecular complexity index is 1200. The summed E-state index contributed by atoms with van der Waals surface area (Å²) in [4.78, 5) is 42.2. The van der Waals surface area contributed by atoms with Gasteiger partial charge >= 0.3 is 12.1 Å². The molecule has 2 saturated heterocycles. The largest absolute Gasteiger partial charge is 0.453 e. The molecule has 0 aliphatic carbocycles. The van der Waals surface area contributed by atoms with Crippen LogP contribution in [0, 0.1) is 22.9 Å². The second-order valence-electron chi connectivity index (χ2n) is 9.30. The first-order valence-corrected chi connectivity index (χ1v) is 11.0. The normalized spacial score (nSPS) is 20.7. The van der Waals surface area contributed by atoms with E-state index in [2.05, 4.69) is 10.4 Å². The SMILES string of the molecule is COC(=O)N1CC2(CC(=O)N(c3cnn4c3CN(C(=O)Nc3cc(F)c(F)c(F)c3)[C@@H](C)C4)C2)C1. The summed E-state index contributed by atoms with van der Waals surface area (Å²) < 4.78 is 46.8. The van der Waals surface area contributed by atoms with Gasteiger partial charge in [0.1, 0.15) is 0 Å². The first-order valence-electron chi connectivity index (χ1n) is 11.0. The number of nitrogens with one attached hydrogen (secondary N) is 1. The van der Waals surface area contributed by atoms with Gasteiger partial charge in [-0.3, -0.25) is 9.48 Å². The maximum absolute atomic E-state index is 13.6. The third kappa shape index (κ3) is 3.84. The highest BCUT2D eigenvalue weighted by Gasteiger charge is 2.54. The van der Waals surface area contributed by atoms with Crippen LogP contribution in [0.5, 0.6) is 0 Å². The van der Waals surface area contributed by atoms with E-state index < -0.39 is 29.6 Å². The molecule has 1 aromatic carbocycles. The lowest BCUT2D eigenvalue weighted by Crippen LogP contribution is -2.59. The van der Waals surface area contributed by atoms with Crippen LogP contribution in [0.3, 0.4) is 0 Å². The standard InChI is InChI=1S/C22H23F3N6O4/c1-12-7-31-17(8-29(12)20(33)27-13-3-14(23)19(25)15(24)4-13)16(6-26-31)30-11-22(5-18(30)32)9-28(10-22)21(34)35-2/h3-4,6,12H,5,7-11H2,1-2H3,(H,27,33)/t12-/m0/s1. The van der Waals surface area contributed by atoms with Crippen molar-refractivity contribution < 1.29 is 32.3 Å². The van der Waals surface area contributed by atoms with Gasteiger partial charge in [0.15, 0.2) is 17.5 Å². The summed E-state index contributed by atoms with van der Waals surface area (Å²) in [6.07, 6.45) is 1.44. The second-order valence-corrected chi connectivity index (χ2v) is 9.30. The van der Waals surface area contributed by atoms with Crippen LogP contribution in [0.25, 0.3) is 0 Å². The molecule has 13 heteroatoms. The summed E-state index contributed by atoms with van der Waals surface area (Å²) >= 11 is 0. The minimum absolute atomic E-state index is 0.0968. The number of hydrogen-bond donors (Lipinski definition) is 1. The zero-order valence-corrected chi connectivity index (χ0v) is 19.1. The van der Waals surface area contributed by atoms with Crippen LogP contribution in [-0.2, 0) is 22.6 Å². The summed E-state index contributed by atoms with van der Waals surface area (Å²) in [6, 6.07) is 0.475. The van der Waals surface area contributed by atoms with Gasteiger partial charge in [0.2, 0.25) is 5.91 Å². The number of ether oxygens (including phenoxy) is 1. The Morgan fingerprint density at radius 1 is 1.17 bits per heavy atom. The Labute approximate surface area is 198 Å². The van der Waals surface area contributed by atoms with Crippen LogP contribution in [0.2, 0.25) is 0 Å². The van der Waals surface area contributed by atoms with E-state index in [1.165, 1.54) is 12.0 Å². The number of carbonyl (C=O) groups is 3. The van der Waals surface area contributed by atoms with Crippen molar-refractivity contribution in [3.8, 4) is 0 Å². The number of urea groups is 1. The lowest BCUT2D eigenvalue weighted by Gasteiger charge is -2.46. The predicted octanol–water partition coefficient (Wildman–Crippen LogP) is 2.54. The summed E-state index contributed by atoms with van der Waals surface area (Å²) in [6.45, 7) is 3.48. The van der Waals surface area contributed by atoms with Crippen LogP contribution in [0.4, 0.5) is 34.1 Å². The molecule has 10 nitrogen and oxygen atoms in total. The molecule has 186 valence electrons. The Hall–Kier alpha value is -3.77. The van der Waals surface area contributed by atoms with Gasteiger partial charge in [-0.2, -0.15) is 5.10 Å². The van der Waals surface area contributed by atoms with E-state index in [1.54, 1.807) is 27.6 Å². The maximum Gasteiger partial charge on any atom is 0.409 e. The van der Waals surface area contributed by atoms with Crippen molar-refractivity contribution in [2.75, 3.05) is 37.0 Å². The summed E-state index contributed by atoms with van der Waals surface area (Å²) in [5.74, 6) is -4.53. The molecule has 1 atom stereocenters. The van der Waals surface area contributed by atoms with Gasteiger partial charge in [-0.25, -0.2) is 22.8 Å². The average Bonchev–Trinajstić information content (AvgIpc) is 3.35. The van der Waals surface area contributed by atoms with Gasteiger partial charge in [-0.15, -0.1) is 0 Å². The smallest absolute Gasteiger partial charge is 0.409 e. The lowest BCUT2D eigenvalue weighted by atomic mass is 9.79. The molecule has 3 aliphatic rings. The fourth-order valence-electron chi connectivity index (χ4n) is 5.06. The molecule has 2 aromatic rings. The van der Waals surface area contributed by atoms with Gasteiger partial charge in [0.25, 0.3) is 0 Å². The molecule has 35 heavy (non-hydrogen) atoms. The van der Waals surface area contributed by atoms with E-state index >= 15 is 0 Å². The van der Waals surface area contributed by atoms with Gasteiger partial charge in [-0.1, -0.05) is 0 Å². The van der Waals surface area contributed by atoms with Crippen molar-refractivity contribution in [2.24, 2.45) is 5.41 Å². The van der Waals surface area contributed by atoms with Gasteiger partial charge < -0.3 is 24.8 Å². The topological polar surface area (TPSA) is 100 Å². The van der Waals surface area contributed by atoms with Crippen molar-refractivity contribution in [1.82, 2.24) is 19.6 Å². The highest BCUT2D eigenvalue weighted by Crippen LogP contribution is 2.43. The third-order valence-electron chi connectivity index (χ3n) is 6.81. The van der Waals surface area contributed by atoms with Crippen molar-refractivity contribution in [3.63, 3.8) is 0 Å². The van der Waals surface area contributed by atoms with Crippen LogP contribution in [-0.4, -0.2) is 70.4 Å². The highest BCUT2D eigenvalue weighted by atomic mass is 19.2. The molecular formula is C22H23F3N6O4. The highest BCUT2D eigenvalue weighted by molar-refractivity contribution is 5.97.